The highest BCUT2D eigenvalue weighted by molar-refractivity contribution is 5.36. The van der Waals surface area contributed by atoms with Crippen LogP contribution in [0.2, 0.25) is 0 Å². The molecule has 1 aromatic rings. The predicted molar refractivity (Wildman–Crippen MR) is 85.6 cm³/mol. The molecule has 0 fully saturated rings. The van der Waals surface area contributed by atoms with E-state index >= 15 is 0 Å². The third-order valence-corrected chi connectivity index (χ3v) is 3.81. The van der Waals surface area contributed by atoms with Crippen molar-refractivity contribution in [3.63, 3.8) is 0 Å². The van der Waals surface area contributed by atoms with E-state index in [1.165, 1.54) is 42.4 Å². The second kappa shape index (κ2) is 8.37. The first-order valence-corrected chi connectivity index (χ1v) is 7.85. The molecule has 0 saturated heterocycles. The largest absolute Gasteiger partial charge is 0.310 e. The normalized spacial score (nSPS) is 12.9. The first-order valence-electron chi connectivity index (χ1n) is 7.85. The lowest BCUT2D eigenvalue weighted by Gasteiger charge is -2.23. The van der Waals surface area contributed by atoms with Crippen LogP contribution in [0.1, 0.15) is 69.2 Å². The van der Waals surface area contributed by atoms with Crippen LogP contribution in [0, 0.1) is 19.8 Å². The summed E-state index contributed by atoms with van der Waals surface area (Å²) < 4.78 is 0. The van der Waals surface area contributed by atoms with Crippen LogP contribution in [0.3, 0.4) is 0 Å². The second-order valence-corrected chi connectivity index (χ2v) is 6.14. The zero-order chi connectivity index (χ0) is 14.3. The van der Waals surface area contributed by atoms with E-state index in [9.17, 15) is 0 Å². The van der Waals surface area contributed by atoms with Crippen LogP contribution in [0.5, 0.6) is 0 Å². The molecule has 0 aliphatic heterocycles. The molecule has 0 radical (unpaired) electrons. The van der Waals surface area contributed by atoms with Crippen LogP contribution in [-0.4, -0.2) is 6.54 Å². The molecule has 1 N–H and O–H groups in total. The molecular weight excluding hydrogens is 230 g/mol. The van der Waals surface area contributed by atoms with Gasteiger partial charge in [-0.25, -0.2) is 0 Å². The van der Waals surface area contributed by atoms with Gasteiger partial charge in [-0.2, -0.15) is 0 Å². The van der Waals surface area contributed by atoms with Crippen LogP contribution in [0.15, 0.2) is 18.2 Å². The van der Waals surface area contributed by atoms with Crippen molar-refractivity contribution in [1.82, 2.24) is 5.32 Å². The van der Waals surface area contributed by atoms with E-state index in [2.05, 4.69) is 58.1 Å². The van der Waals surface area contributed by atoms with Gasteiger partial charge < -0.3 is 5.32 Å². The minimum atomic E-state index is 0.528. The molecular formula is C18H31N. The average molecular weight is 261 g/mol. The lowest BCUT2D eigenvalue weighted by atomic mass is 9.91. The predicted octanol–water partition coefficient (Wildman–Crippen LogP) is 5.17. The van der Waals surface area contributed by atoms with Crippen LogP contribution in [-0.2, 0) is 0 Å². The van der Waals surface area contributed by atoms with Crippen molar-refractivity contribution >= 4 is 0 Å². The quantitative estimate of drug-likeness (QED) is 0.680. The van der Waals surface area contributed by atoms with E-state index in [4.69, 9.17) is 0 Å². The molecule has 1 rings (SSSR count). The highest BCUT2D eigenvalue weighted by atomic mass is 14.9. The topological polar surface area (TPSA) is 12.0 Å². The van der Waals surface area contributed by atoms with Crippen LogP contribution < -0.4 is 5.32 Å². The van der Waals surface area contributed by atoms with Gasteiger partial charge in [0.1, 0.15) is 0 Å². The molecule has 108 valence electrons. The monoisotopic (exact) mass is 261 g/mol. The molecule has 0 saturated carbocycles. The van der Waals surface area contributed by atoms with Crippen molar-refractivity contribution < 1.29 is 0 Å². The SMILES string of the molecule is CCCNC(CCCC(C)C)c1c(C)cccc1C. The molecule has 0 aliphatic carbocycles. The summed E-state index contributed by atoms with van der Waals surface area (Å²) in [6.07, 6.45) is 5.09. The molecule has 1 atom stereocenters. The first kappa shape index (κ1) is 16.2. The van der Waals surface area contributed by atoms with Gasteiger partial charge in [-0.3, -0.25) is 0 Å². The van der Waals surface area contributed by atoms with Crippen molar-refractivity contribution in [3.05, 3.63) is 34.9 Å². The fourth-order valence-corrected chi connectivity index (χ4v) is 2.77. The van der Waals surface area contributed by atoms with Gasteiger partial charge in [0, 0.05) is 6.04 Å². The van der Waals surface area contributed by atoms with Crippen LogP contribution in [0.4, 0.5) is 0 Å². The lowest BCUT2D eigenvalue weighted by Crippen LogP contribution is -2.23. The molecule has 19 heavy (non-hydrogen) atoms. The van der Waals surface area contributed by atoms with Gasteiger partial charge in [0.05, 0.1) is 0 Å². The Hall–Kier alpha value is -0.820. The van der Waals surface area contributed by atoms with E-state index in [-0.39, 0.29) is 0 Å². The van der Waals surface area contributed by atoms with Crippen molar-refractivity contribution in [2.45, 2.75) is 66.3 Å². The van der Waals surface area contributed by atoms with E-state index in [0.717, 1.165) is 12.5 Å². The Kier molecular flexibility index (Phi) is 7.15. The summed E-state index contributed by atoms with van der Waals surface area (Å²) in [5.41, 5.74) is 4.39. The van der Waals surface area contributed by atoms with Gasteiger partial charge >= 0.3 is 0 Å². The van der Waals surface area contributed by atoms with Gasteiger partial charge in [-0.15, -0.1) is 0 Å². The first-order chi connectivity index (χ1) is 9.06. The molecule has 0 aliphatic rings. The Balaban J connectivity index is 2.77. The summed E-state index contributed by atoms with van der Waals surface area (Å²) in [5.74, 6) is 0.810. The summed E-state index contributed by atoms with van der Waals surface area (Å²) in [6.45, 7) is 12.5. The van der Waals surface area contributed by atoms with Gasteiger partial charge in [0.2, 0.25) is 0 Å². The van der Waals surface area contributed by atoms with Crippen molar-refractivity contribution in [1.29, 1.82) is 0 Å². The number of aryl methyl sites for hydroxylation is 2. The zero-order valence-corrected chi connectivity index (χ0v) is 13.4. The minimum absolute atomic E-state index is 0.528. The molecule has 0 aromatic heterocycles. The standard InChI is InChI=1S/C18H31N/c1-6-13-19-17(12-7-9-14(2)3)18-15(4)10-8-11-16(18)5/h8,10-11,14,17,19H,6-7,9,12-13H2,1-5H3. The average Bonchev–Trinajstić information content (AvgIpc) is 2.34. The molecule has 1 nitrogen and oxygen atoms in total. The Labute approximate surface area is 119 Å². The van der Waals surface area contributed by atoms with Crippen molar-refractivity contribution in [2.75, 3.05) is 6.54 Å². The van der Waals surface area contributed by atoms with E-state index in [1.807, 2.05) is 0 Å². The summed E-state index contributed by atoms with van der Waals surface area (Å²) in [6, 6.07) is 7.18. The smallest absolute Gasteiger partial charge is 0.0325 e. The Morgan fingerprint density at radius 1 is 1.05 bits per heavy atom. The molecule has 0 amide bonds. The second-order valence-electron chi connectivity index (χ2n) is 6.14. The summed E-state index contributed by atoms with van der Waals surface area (Å²) in [5, 5.41) is 3.74. The molecule has 0 spiro atoms. The molecule has 0 bridgehead atoms. The maximum atomic E-state index is 3.74. The third-order valence-electron chi connectivity index (χ3n) is 3.81. The maximum Gasteiger partial charge on any atom is 0.0325 e. The minimum Gasteiger partial charge on any atom is -0.310 e. The molecule has 1 aromatic carbocycles. The number of hydrogen-bond donors (Lipinski definition) is 1. The highest BCUT2D eigenvalue weighted by Crippen LogP contribution is 2.26. The fourth-order valence-electron chi connectivity index (χ4n) is 2.77. The van der Waals surface area contributed by atoms with Crippen molar-refractivity contribution in [2.24, 2.45) is 5.92 Å². The Morgan fingerprint density at radius 3 is 2.21 bits per heavy atom. The Morgan fingerprint density at radius 2 is 1.68 bits per heavy atom. The zero-order valence-electron chi connectivity index (χ0n) is 13.4. The molecule has 0 heterocycles. The van der Waals surface area contributed by atoms with E-state index in [1.54, 1.807) is 0 Å². The molecule has 1 heteroatoms. The van der Waals surface area contributed by atoms with Gasteiger partial charge in [0.15, 0.2) is 0 Å². The number of rotatable bonds is 8. The fraction of sp³-hybridized carbons (Fsp3) is 0.667. The van der Waals surface area contributed by atoms with Crippen molar-refractivity contribution in [3.8, 4) is 0 Å². The molecule has 1 unspecified atom stereocenters. The number of benzene rings is 1. The summed E-state index contributed by atoms with van der Waals surface area (Å²) in [4.78, 5) is 0. The summed E-state index contributed by atoms with van der Waals surface area (Å²) >= 11 is 0. The Bertz CT molecular complexity index is 348. The van der Waals surface area contributed by atoms with Gasteiger partial charge in [-0.1, -0.05) is 51.8 Å². The van der Waals surface area contributed by atoms with Gasteiger partial charge in [0.25, 0.3) is 0 Å². The van der Waals surface area contributed by atoms with Crippen LogP contribution in [0.25, 0.3) is 0 Å². The number of hydrogen-bond acceptors (Lipinski definition) is 1. The lowest BCUT2D eigenvalue weighted by molar-refractivity contribution is 0.445. The third kappa shape index (κ3) is 5.36. The van der Waals surface area contributed by atoms with Gasteiger partial charge in [-0.05, 0) is 55.8 Å². The maximum absolute atomic E-state index is 3.74. The van der Waals surface area contributed by atoms with Crippen LogP contribution >= 0.6 is 0 Å². The van der Waals surface area contributed by atoms with E-state index < -0.39 is 0 Å². The van der Waals surface area contributed by atoms with E-state index in [0.29, 0.717) is 6.04 Å². The highest BCUT2D eigenvalue weighted by Gasteiger charge is 2.15. The number of nitrogens with one attached hydrogen (secondary N) is 1. The summed E-state index contributed by atoms with van der Waals surface area (Å²) in [7, 11) is 0.